The van der Waals surface area contributed by atoms with Crippen LogP contribution in [0.1, 0.15) is 0 Å². The van der Waals surface area contributed by atoms with Crippen LogP contribution in [0, 0.1) is 0 Å². The average Bonchev–Trinajstić information content (AvgIpc) is 1.63. The Hall–Kier alpha value is -0.630. The summed E-state index contributed by atoms with van der Waals surface area (Å²) < 4.78 is 31.6. The number of hydrogen-bond acceptors (Lipinski definition) is 4. The largest absolute Gasteiger partial charge is 0.516 e. The van der Waals surface area contributed by atoms with Gasteiger partial charge < -0.3 is 10.2 Å². The predicted molar refractivity (Wildman–Crippen MR) is 33.0 cm³/mol. The first kappa shape index (κ1) is 12.1. The van der Waals surface area contributed by atoms with E-state index < -0.39 is 10.4 Å². The zero-order valence-corrected chi connectivity index (χ0v) is 5.69. The lowest BCUT2D eigenvalue weighted by molar-refractivity contribution is 0.337. The Morgan fingerprint density at radius 2 is 1.60 bits per heavy atom. The Labute approximate surface area is 58.0 Å². The SMILES string of the molecule is O=S(=O)(O)O.OC=CCO. The van der Waals surface area contributed by atoms with Gasteiger partial charge in [-0.1, -0.05) is 0 Å². The molecule has 0 unspecified atom stereocenters. The van der Waals surface area contributed by atoms with Crippen LogP contribution >= 0.6 is 0 Å². The Balaban J connectivity index is 0. The minimum absolute atomic E-state index is 0.0868. The summed E-state index contributed by atoms with van der Waals surface area (Å²) >= 11 is 0. The van der Waals surface area contributed by atoms with E-state index in [2.05, 4.69) is 0 Å². The lowest BCUT2D eigenvalue weighted by Crippen LogP contribution is -1.89. The van der Waals surface area contributed by atoms with Gasteiger partial charge in [0, 0.05) is 0 Å². The van der Waals surface area contributed by atoms with Crippen LogP contribution < -0.4 is 0 Å². The molecule has 0 atom stereocenters. The van der Waals surface area contributed by atoms with Gasteiger partial charge >= 0.3 is 10.4 Å². The van der Waals surface area contributed by atoms with Gasteiger partial charge in [0.2, 0.25) is 0 Å². The molecular weight excluding hydrogens is 164 g/mol. The van der Waals surface area contributed by atoms with Gasteiger partial charge in [-0.3, -0.25) is 9.11 Å². The van der Waals surface area contributed by atoms with E-state index in [0.29, 0.717) is 0 Å². The first-order chi connectivity index (χ1) is 4.41. The second-order valence-electron chi connectivity index (χ2n) is 1.02. The van der Waals surface area contributed by atoms with Crippen molar-refractivity contribution in [3.63, 3.8) is 0 Å². The van der Waals surface area contributed by atoms with Gasteiger partial charge in [-0.15, -0.1) is 0 Å². The fraction of sp³-hybridized carbons (Fsp3) is 0.333. The lowest BCUT2D eigenvalue weighted by atomic mass is 10.7. The average molecular weight is 172 g/mol. The maximum atomic E-state index is 8.74. The molecule has 0 heterocycles. The van der Waals surface area contributed by atoms with Crippen LogP contribution in [-0.4, -0.2) is 34.3 Å². The molecule has 0 amide bonds. The zero-order chi connectivity index (χ0) is 8.62. The Morgan fingerprint density at radius 1 is 1.30 bits per heavy atom. The minimum atomic E-state index is -4.67. The normalized spacial score (nSPS) is 10.7. The fourth-order valence-corrected chi connectivity index (χ4v) is 0.0471. The smallest absolute Gasteiger partial charge is 0.394 e. The molecule has 0 saturated heterocycles. The van der Waals surface area contributed by atoms with E-state index >= 15 is 0 Å². The standard InChI is InChI=1S/C3H6O2.H2O4S/c4-2-1-3-5;1-5(2,3)4/h1-2,4-5H,3H2;(H2,1,2,3,4). The van der Waals surface area contributed by atoms with E-state index in [4.69, 9.17) is 27.7 Å². The summed E-state index contributed by atoms with van der Waals surface area (Å²) in [4.78, 5) is 0. The summed E-state index contributed by atoms with van der Waals surface area (Å²) in [5.74, 6) is 0. The highest BCUT2D eigenvalue weighted by atomic mass is 32.3. The number of aliphatic hydroxyl groups is 2. The predicted octanol–water partition coefficient (Wildman–Crippen LogP) is -0.602. The second-order valence-corrected chi connectivity index (χ2v) is 1.91. The lowest BCUT2D eigenvalue weighted by Gasteiger charge is -1.68. The number of rotatable bonds is 1. The summed E-state index contributed by atoms with van der Waals surface area (Å²) in [5, 5.41) is 15.5. The Kier molecular flexibility index (Phi) is 7.84. The van der Waals surface area contributed by atoms with Crippen molar-refractivity contribution in [2.24, 2.45) is 0 Å². The van der Waals surface area contributed by atoms with Crippen LogP contribution in [0.25, 0.3) is 0 Å². The molecule has 62 valence electrons. The molecule has 10 heavy (non-hydrogen) atoms. The van der Waals surface area contributed by atoms with E-state index in [1.165, 1.54) is 6.08 Å². The topological polar surface area (TPSA) is 115 Å². The highest BCUT2D eigenvalue weighted by Crippen LogP contribution is 1.59. The van der Waals surface area contributed by atoms with Crippen molar-refractivity contribution < 1.29 is 27.7 Å². The third-order valence-corrected chi connectivity index (χ3v) is 0.211. The molecule has 0 aliphatic rings. The van der Waals surface area contributed by atoms with Crippen LogP contribution in [0.15, 0.2) is 12.3 Å². The van der Waals surface area contributed by atoms with Crippen molar-refractivity contribution in [3.8, 4) is 0 Å². The molecule has 0 aromatic rings. The van der Waals surface area contributed by atoms with E-state index in [1.54, 1.807) is 0 Å². The molecule has 0 fully saturated rings. The quantitative estimate of drug-likeness (QED) is 0.310. The van der Waals surface area contributed by atoms with Crippen LogP contribution in [0.2, 0.25) is 0 Å². The van der Waals surface area contributed by atoms with Crippen molar-refractivity contribution in [3.05, 3.63) is 12.3 Å². The van der Waals surface area contributed by atoms with Crippen LogP contribution in [0.3, 0.4) is 0 Å². The van der Waals surface area contributed by atoms with Gasteiger partial charge in [0.1, 0.15) is 0 Å². The van der Waals surface area contributed by atoms with Crippen molar-refractivity contribution in [1.82, 2.24) is 0 Å². The summed E-state index contributed by atoms with van der Waals surface area (Å²) in [6.07, 6.45) is 2.04. The molecule has 0 bridgehead atoms. The molecule has 0 spiro atoms. The first-order valence-corrected chi connectivity index (χ1v) is 3.41. The van der Waals surface area contributed by atoms with E-state index in [9.17, 15) is 0 Å². The van der Waals surface area contributed by atoms with E-state index in [1.807, 2.05) is 0 Å². The van der Waals surface area contributed by atoms with Gasteiger partial charge in [0.15, 0.2) is 0 Å². The van der Waals surface area contributed by atoms with Gasteiger partial charge in [-0.05, 0) is 6.08 Å². The molecule has 6 nitrogen and oxygen atoms in total. The molecule has 0 rings (SSSR count). The van der Waals surface area contributed by atoms with Crippen LogP contribution in [0.4, 0.5) is 0 Å². The van der Waals surface area contributed by atoms with E-state index in [-0.39, 0.29) is 6.61 Å². The van der Waals surface area contributed by atoms with Crippen LogP contribution in [0.5, 0.6) is 0 Å². The second kappa shape index (κ2) is 6.49. The highest BCUT2D eigenvalue weighted by molar-refractivity contribution is 7.79. The maximum Gasteiger partial charge on any atom is 0.394 e. The van der Waals surface area contributed by atoms with Gasteiger partial charge in [-0.25, -0.2) is 0 Å². The van der Waals surface area contributed by atoms with Crippen molar-refractivity contribution in [2.45, 2.75) is 0 Å². The monoisotopic (exact) mass is 172 g/mol. The van der Waals surface area contributed by atoms with Crippen molar-refractivity contribution in [1.29, 1.82) is 0 Å². The zero-order valence-electron chi connectivity index (χ0n) is 4.88. The molecule has 0 aromatic carbocycles. The summed E-state index contributed by atoms with van der Waals surface area (Å²) in [7, 11) is -4.67. The summed E-state index contributed by atoms with van der Waals surface area (Å²) in [6, 6.07) is 0. The number of aliphatic hydroxyl groups excluding tert-OH is 2. The summed E-state index contributed by atoms with van der Waals surface area (Å²) in [6.45, 7) is -0.0868. The van der Waals surface area contributed by atoms with Crippen LogP contribution in [-0.2, 0) is 10.4 Å². The molecule has 0 aliphatic heterocycles. The first-order valence-electron chi connectivity index (χ1n) is 2.01. The van der Waals surface area contributed by atoms with Crippen molar-refractivity contribution in [2.75, 3.05) is 6.61 Å². The molecule has 0 saturated carbocycles. The van der Waals surface area contributed by atoms with Gasteiger partial charge in [0.25, 0.3) is 0 Å². The third kappa shape index (κ3) is 159. The summed E-state index contributed by atoms with van der Waals surface area (Å²) in [5.41, 5.74) is 0. The highest BCUT2D eigenvalue weighted by Gasteiger charge is 1.84. The fourth-order valence-electron chi connectivity index (χ4n) is 0.0471. The molecule has 7 heteroatoms. The molecule has 4 N–H and O–H groups in total. The van der Waals surface area contributed by atoms with E-state index in [0.717, 1.165) is 6.26 Å². The maximum absolute atomic E-state index is 8.74. The van der Waals surface area contributed by atoms with Crippen molar-refractivity contribution >= 4 is 10.4 Å². The van der Waals surface area contributed by atoms with Gasteiger partial charge in [0.05, 0.1) is 12.9 Å². The number of hydrogen-bond donors (Lipinski definition) is 4. The molecule has 0 radical (unpaired) electrons. The Morgan fingerprint density at radius 3 is 1.60 bits per heavy atom. The molecule has 0 aromatic heterocycles. The molecule has 0 aliphatic carbocycles. The Bertz CT molecular complexity index is 159. The molecular formula is C3H8O6S. The third-order valence-electron chi connectivity index (χ3n) is 0.211. The van der Waals surface area contributed by atoms with Gasteiger partial charge in [-0.2, -0.15) is 8.42 Å². The minimum Gasteiger partial charge on any atom is -0.516 e.